The van der Waals surface area contributed by atoms with Crippen LogP contribution >= 0.6 is 15.9 Å². The summed E-state index contributed by atoms with van der Waals surface area (Å²) in [5.74, 6) is -0.177. The van der Waals surface area contributed by atoms with Gasteiger partial charge in [0.2, 0.25) is 11.8 Å². The lowest BCUT2D eigenvalue weighted by molar-refractivity contribution is -0.150. The second kappa shape index (κ2) is 5.52. The number of hydrogen-bond acceptors (Lipinski definition) is 3. The van der Waals surface area contributed by atoms with Gasteiger partial charge in [0, 0.05) is 10.7 Å². The molecule has 1 N–H and O–H groups in total. The van der Waals surface area contributed by atoms with Crippen LogP contribution < -0.4 is 5.32 Å². The first-order chi connectivity index (χ1) is 9.29. The standard InChI is InChI=1S/C14H18BrN3O2/c1-14(2,3)12-13(20)17-7-11(19)18(12)8-10-5-4-9(15)6-16-10/h4-6,12H,7-8H2,1-3H3,(H,17,20). The zero-order valence-electron chi connectivity index (χ0n) is 11.8. The van der Waals surface area contributed by atoms with Gasteiger partial charge in [0.25, 0.3) is 0 Å². The molecule has 1 saturated heterocycles. The number of aromatic nitrogens is 1. The maximum absolute atomic E-state index is 12.1. The fourth-order valence-corrected chi connectivity index (χ4v) is 2.60. The van der Waals surface area contributed by atoms with E-state index in [1.807, 2.05) is 32.9 Å². The minimum atomic E-state index is -0.478. The van der Waals surface area contributed by atoms with Gasteiger partial charge in [-0.25, -0.2) is 0 Å². The van der Waals surface area contributed by atoms with Crippen molar-refractivity contribution in [1.29, 1.82) is 0 Å². The molecule has 5 nitrogen and oxygen atoms in total. The Morgan fingerprint density at radius 3 is 2.65 bits per heavy atom. The number of nitrogens with zero attached hydrogens (tertiary/aromatic N) is 2. The first-order valence-corrected chi connectivity index (χ1v) is 7.26. The van der Waals surface area contributed by atoms with E-state index in [1.54, 1.807) is 11.1 Å². The van der Waals surface area contributed by atoms with Crippen molar-refractivity contribution < 1.29 is 9.59 Å². The highest BCUT2D eigenvalue weighted by Gasteiger charge is 2.42. The zero-order valence-corrected chi connectivity index (χ0v) is 13.4. The lowest BCUT2D eigenvalue weighted by atomic mass is 9.84. The first kappa shape index (κ1) is 15.0. The highest BCUT2D eigenvalue weighted by atomic mass is 79.9. The molecule has 1 aromatic heterocycles. The van der Waals surface area contributed by atoms with Gasteiger partial charge in [-0.2, -0.15) is 0 Å². The zero-order chi connectivity index (χ0) is 14.9. The van der Waals surface area contributed by atoms with Crippen molar-refractivity contribution in [1.82, 2.24) is 15.2 Å². The van der Waals surface area contributed by atoms with Crippen molar-refractivity contribution in [2.75, 3.05) is 6.54 Å². The molecule has 1 aromatic rings. The van der Waals surface area contributed by atoms with Crippen molar-refractivity contribution in [3.63, 3.8) is 0 Å². The molecule has 6 heteroatoms. The highest BCUT2D eigenvalue weighted by Crippen LogP contribution is 2.27. The van der Waals surface area contributed by atoms with Gasteiger partial charge in [0.05, 0.1) is 18.8 Å². The molecule has 1 unspecified atom stereocenters. The summed E-state index contributed by atoms with van der Waals surface area (Å²) in [5.41, 5.74) is 0.445. The maximum atomic E-state index is 12.1. The molecule has 1 atom stereocenters. The minimum Gasteiger partial charge on any atom is -0.345 e. The molecular weight excluding hydrogens is 322 g/mol. The number of halogens is 1. The number of carbonyl (C=O) groups is 2. The van der Waals surface area contributed by atoms with Gasteiger partial charge < -0.3 is 10.2 Å². The van der Waals surface area contributed by atoms with Gasteiger partial charge in [0.15, 0.2) is 0 Å². The summed E-state index contributed by atoms with van der Waals surface area (Å²) in [7, 11) is 0. The molecule has 0 aliphatic carbocycles. The van der Waals surface area contributed by atoms with Crippen LogP contribution in [-0.2, 0) is 16.1 Å². The first-order valence-electron chi connectivity index (χ1n) is 6.46. The van der Waals surface area contributed by atoms with E-state index >= 15 is 0 Å². The topological polar surface area (TPSA) is 62.3 Å². The van der Waals surface area contributed by atoms with Gasteiger partial charge >= 0.3 is 0 Å². The van der Waals surface area contributed by atoms with Gasteiger partial charge in [-0.3, -0.25) is 14.6 Å². The van der Waals surface area contributed by atoms with Crippen molar-refractivity contribution in [2.24, 2.45) is 5.41 Å². The Labute approximate surface area is 126 Å². The normalized spacial score (nSPS) is 20.0. The summed E-state index contributed by atoms with van der Waals surface area (Å²) in [6, 6.07) is 3.25. The summed E-state index contributed by atoms with van der Waals surface area (Å²) in [6.07, 6.45) is 1.69. The molecular formula is C14H18BrN3O2. The molecule has 20 heavy (non-hydrogen) atoms. The molecule has 2 rings (SSSR count). The van der Waals surface area contributed by atoms with Gasteiger partial charge in [-0.1, -0.05) is 20.8 Å². The number of carbonyl (C=O) groups excluding carboxylic acids is 2. The number of hydrogen-bond donors (Lipinski definition) is 1. The van der Waals surface area contributed by atoms with E-state index in [0.717, 1.165) is 10.2 Å². The largest absolute Gasteiger partial charge is 0.345 e. The lowest BCUT2D eigenvalue weighted by Gasteiger charge is -2.41. The van der Waals surface area contributed by atoms with Crippen LogP contribution in [0.3, 0.4) is 0 Å². The third kappa shape index (κ3) is 3.17. The van der Waals surface area contributed by atoms with Gasteiger partial charge in [-0.15, -0.1) is 0 Å². The predicted octanol–water partition coefficient (Wildman–Crippen LogP) is 1.72. The summed E-state index contributed by atoms with van der Waals surface area (Å²) < 4.78 is 0.885. The fourth-order valence-electron chi connectivity index (χ4n) is 2.36. The smallest absolute Gasteiger partial charge is 0.243 e. The fraction of sp³-hybridized carbons (Fsp3) is 0.500. The minimum absolute atomic E-state index is 0.0575. The number of rotatable bonds is 2. The molecule has 1 fully saturated rings. The van der Waals surface area contributed by atoms with E-state index in [0.29, 0.717) is 6.54 Å². The summed E-state index contributed by atoms with van der Waals surface area (Å²) in [6.45, 7) is 6.27. The van der Waals surface area contributed by atoms with Gasteiger partial charge in [-0.05, 0) is 33.5 Å². The van der Waals surface area contributed by atoms with Crippen molar-refractivity contribution in [3.8, 4) is 0 Å². The van der Waals surface area contributed by atoms with Crippen LogP contribution in [-0.4, -0.2) is 34.3 Å². The van der Waals surface area contributed by atoms with Crippen molar-refractivity contribution >= 4 is 27.7 Å². The second-order valence-corrected chi connectivity index (χ2v) is 6.89. The van der Waals surface area contributed by atoms with E-state index < -0.39 is 6.04 Å². The van der Waals surface area contributed by atoms with Crippen LogP contribution in [0.1, 0.15) is 26.5 Å². The molecule has 2 amide bonds. The summed E-state index contributed by atoms with van der Waals surface area (Å²) >= 11 is 3.33. The molecule has 0 radical (unpaired) electrons. The monoisotopic (exact) mass is 339 g/mol. The third-order valence-electron chi connectivity index (χ3n) is 3.24. The second-order valence-electron chi connectivity index (χ2n) is 5.98. The van der Waals surface area contributed by atoms with E-state index in [9.17, 15) is 9.59 Å². The Balaban J connectivity index is 2.27. The Morgan fingerprint density at radius 1 is 1.40 bits per heavy atom. The van der Waals surface area contributed by atoms with Crippen LogP contribution in [0.4, 0.5) is 0 Å². The van der Waals surface area contributed by atoms with Crippen LogP contribution in [0.5, 0.6) is 0 Å². The highest BCUT2D eigenvalue weighted by molar-refractivity contribution is 9.10. The van der Waals surface area contributed by atoms with E-state index in [4.69, 9.17) is 0 Å². The average molecular weight is 340 g/mol. The van der Waals surface area contributed by atoms with E-state index in [-0.39, 0.29) is 23.8 Å². The van der Waals surface area contributed by atoms with E-state index in [1.165, 1.54) is 0 Å². The number of pyridine rings is 1. The maximum Gasteiger partial charge on any atom is 0.243 e. The molecule has 0 bridgehead atoms. The molecule has 2 heterocycles. The number of piperazine rings is 1. The van der Waals surface area contributed by atoms with Crippen LogP contribution in [0.25, 0.3) is 0 Å². The predicted molar refractivity (Wildman–Crippen MR) is 78.7 cm³/mol. The Bertz CT molecular complexity index is 522. The summed E-state index contributed by atoms with van der Waals surface area (Å²) in [5, 5.41) is 2.66. The van der Waals surface area contributed by atoms with Crippen LogP contribution in [0.15, 0.2) is 22.8 Å². The van der Waals surface area contributed by atoms with Crippen LogP contribution in [0.2, 0.25) is 0 Å². The Morgan fingerprint density at radius 2 is 2.10 bits per heavy atom. The Hall–Kier alpha value is -1.43. The molecule has 1 aliphatic heterocycles. The number of nitrogens with one attached hydrogen (secondary N) is 1. The molecule has 108 valence electrons. The number of amides is 2. The molecule has 0 saturated carbocycles. The van der Waals surface area contributed by atoms with Crippen molar-refractivity contribution in [2.45, 2.75) is 33.4 Å². The van der Waals surface area contributed by atoms with Gasteiger partial charge in [0.1, 0.15) is 6.04 Å². The quantitative estimate of drug-likeness (QED) is 0.892. The van der Waals surface area contributed by atoms with E-state index in [2.05, 4.69) is 26.2 Å². The molecule has 0 spiro atoms. The third-order valence-corrected chi connectivity index (χ3v) is 3.70. The van der Waals surface area contributed by atoms with Crippen LogP contribution in [0, 0.1) is 5.41 Å². The van der Waals surface area contributed by atoms with Crippen molar-refractivity contribution in [3.05, 3.63) is 28.5 Å². The lowest BCUT2D eigenvalue weighted by Crippen LogP contribution is -2.62. The molecule has 1 aliphatic rings. The summed E-state index contributed by atoms with van der Waals surface area (Å²) in [4.78, 5) is 30.1. The Kier molecular flexibility index (Phi) is 4.13. The molecule has 0 aromatic carbocycles. The average Bonchev–Trinajstić information content (AvgIpc) is 2.35. The SMILES string of the molecule is CC(C)(C)C1C(=O)NCC(=O)N1Cc1ccc(Br)cn1.